The lowest BCUT2D eigenvalue weighted by Crippen LogP contribution is -2.53. The quantitative estimate of drug-likeness (QED) is 0.882. The van der Waals surface area contributed by atoms with Gasteiger partial charge in [-0.3, -0.25) is 4.79 Å². The van der Waals surface area contributed by atoms with Gasteiger partial charge in [-0.1, -0.05) is 30.3 Å². The van der Waals surface area contributed by atoms with Gasteiger partial charge in [0.25, 0.3) is 0 Å². The number of nitrogens with zero attached hydrogens (tertiary/aromatic N) is 1. The summed E-state index contributed by atoms with van der Waals surface area (Å²) in [6.07, 6.45) is 5.25. The first-order valence-electron chi connectivity index (χ1n) is 10.0. The topological polar surface area (TPSA) is 41.6 Å². The van der Waals surface area contributed by atoms with E-state index in [1.165, 1.54) is 29.7 Å². The Morgan fingerprint density at radius 2 is 1.96 bits per heavy atom. The fraction of sp³-hybridized carbons (Fsp3) is 0.435. The van der Waals surface area contributed by atoms with E-state index in [1.54, 1.807) is 7.11 Å². The molecule has 1 fully saturated rings. The molecule has 2 atom stereocenters. The molecule has 0 bridgehead atoms. The highest BCUT2D eigenvalue weighted by molar-refractivity contribution is 5.82. The second kappa shape index (κ2) is 8.03. The Morgan fingerprint density at radius 3 is 2.78 bits per heavy atom. The summed E-state index contributed by atoms with van der Waals surface area (Å²) < 4.78 is 5.20. The molecule has 4 rings (SSSR count). The van der Waals surface area contributed by atoms with Crippen LogP contribution in [0.25, 0.3) is 0 Å². The Balaban J connectivity index is 1.40. The Hall–Kier alpha value is -2.49. The van der Waals surface area contributed by atoms with Crippen LogP contribution < -0.4 is 15.0 Å². The van der Waals surface area contributed by atoms with Crippen LogP contribution in [0.1, 0.15) is 30.4 Å². The third-order valence-corrected chi connectivity index (χ3v) is 5.96. The number of ether oxygens (including phenoxy) is 1. The normalized spacial score (nSPS) is 21.1. The van der Waals surface area contributed by atoms with Crippen molar-refractivity contribution in [1.29, 1.82) is 0 Å². The van der Waals surface area contributed by atoms with Gasteiger partial charge in [-0.05, 0) is 61.4 Å². The maximum atomic E-state index is 13.0. The van der Waals surface area contributed by atoms with Crippen LogP contribution in [0.2, 0.25) is 0 Å². The molecule has 1 amide bonds. The lowest BCUT2D eigenvalue weighted by Gasteiger charge is -2.46. The number of fused-ring (bicyclic) bond motifs is 3. The van der Waals surface area contributed by atoms with Gasteiger partial charge < -0.3 is 15.0 Å². The van der Waals surface area contributed by atoms with Gasteiger partial charge in [0, 0.05) is 24.8 Å². The number of piperidine rings is 1. The number of hydrogen-bond donors (Lipinski definition) is 1. The van der Waals surface area contributed by atoms with E-state index in [-0.39, 0.29) is 11.8 Å². The molecule has 2 aromatic rings. The number of benzene rings is 2. The Bertz CT molecular complexity index is 787. The van der Waals surface area contributed by atoms with E-state index in [9.17, 15) is 4.79 Å². The number of carbonyl (C=O) groups excluding carboxylic acids is 1. The summed E-state index contributed by atoms with van der Waals surface area (Å²) in [7, 11) is 1.67. The smallest absolute Gasteiger partial charge is 0.225 e. The zero-order valence-electron chi connectivity index (χ0n) is 16.0. The second-order valence-corrected chi connectivity index (χ2v) is 7.58. The van der Waals surface area contributed by atoms with Gasteiger partial charge in [0.1, 0.15) is 5.75 Å². The first kappa shape index (κ1) is 17.9. The van der Waals surface area contributed by atoms with Gasteiger partial charge >= 0.3 is 0 Å². The van der Waals surface area contributed by atoms with Crippen molar-refractivity contribution >= 4 is 11.6 Å². The van der Waals surface area contributed by atoms with E-state index in [0.29, 0.717) is 12.6 Å². The van der Waals surface area contributed by atoms with Crippen LogP contribution >= 0.6 is 0 Å². The molecule has 2 aliphatic heterocycles. The highest BCUT2D eigenvalue weighted by Crippen LogP contribution is 2.38. The number of rotatable bonds is 5. The van der Waals surface area contributed by atoms with Crippen molar-refractivity contribution in [2.75, 3.05) is 25.1 Å². The molecule has 0 radical (unpaired) electrons. The molecule has 27 heavy (non-hydrogen) atoms. The standard InChI is InChI=1S/C23H28N2O2/c1-27-19-11-9-17(10-12-19)13-14-24-23(26)20-16-18-6-2-3-7-21(18)25-15-5-4-8-22(20)25/h2-3,6-7,9-12,20,22H,4-5,8,13-16H2,1H3,(H,24,26). The predicted molar refractivity (Wildman–Crippen MR) is 108 cm³/mol. The van der Waals surface area contributed by atoms with Crippen molar-refractivity contribution in [1.82, 2.24) is 5.32 Å². The van der Waals surface area contributed by atoms with Crippen molar-refractivity contribution in [3.63, 3.8) is 0 Å². The average molecular weight is 364 g/mol. The van der Waals surface area contributed by atoms with Gasteiger partial charge in [0.2, 0.25) is 5.91 Å². The zero-order valence-corrected chi connectivity index (χ0v) is 16.0. The van der Waals surface area contributed by atoms with E-state index in [2.05, 4.69) is 46.6 Å². The van der Waals surface area contributed by atoms with Gasteiger partial charge in [0.15, 0.2) is 0 Å². The summed E-state index contributed by atoms with van der Waals surface area (Å²) in [5.41, 5.74) is 3.86. The molecule has 2 aliphatic rings. The van der Waals surface area contributed by atoms with Gasteiger partial charge in [-0.2, -0.15) is 0 Å². The van der Waals surface area contributed by atoms with Crippen LogP contribution in [0.5, 0.6) is 5.75 Å². The number of methoxy groups -OCH3 is 1. The number of amides is 1. The molecule has 2 unspecified atom stereocenters. The Labute approximate surface area is 161 Å². The van der Waals surface area contributed by atoms with Crippen LogP contribution in [0, 0.1) is 5.92 Å². The van der Waals surface area contributed by atoms with Crippen LogP contribution in [0.3, 0.4) is 0 Å². The number of nitrogens with one attached hydrogen (secondary N) is 1. The zero-order chi connectivity index (χ0) is 18.6. The summed E-state index contributed by atoms with van der Waals surface area (Å²) in [5, 5.41) is 3.20. The first-order valence-corrected chi connectivity index (χ1v) is 10.0. The van der Waals surface area contributed by atoms with Gasteiger partial charge in [-0.15, -0.1) is 0 Å². The SMILES string of the molecule is COc1ccc(CCNC(=O)C2Cc3ccccc3N3CCCCC23)cc1. The second-order valence-electron chi connectivity index (χ2n) is 7.58. The van der Waals surface area contributed by atoms with Crippen molar-refractivity contribution in [2.45, 2.75) is 38.1 Å². The third-order valence-electron chi connectivity index (χ3n) is 5.96. The molecule has 2 heterocycles. The molecule has 0 saturated carbocycles. The molecule has 0 aliphatic carbocycles. The average Bonchev–Trinajstić information content (AvgIpc) is 2.73. The maximum absolute atomic E-state index is 13.0. The molecule has 1 N–H and O–H groups in total. The van der Waals surface area contributed by atoms with E-state index in [1.807, 2.05) is 12.1 Å². The molecule has 4 heteroatoms. The monoisotopic (exact) mass is 364 g/mol. The molecular formula is C23H28N2O2. The molecular weight excluding hydrogens is 336 g/mol. The minimum Gasteiger partial charge on any atom is -0.497 e. The van der Waals surface area contributed by atoms with Crippen LogP contribution in [0.4, 0.5) is 5.69 Å². The minimum atomic E-state index is 0.0519. The van der Waals surface area contributed by atoms with Crippen LogP contribution in [-0.4, -0.2) is 32.1 Å². The third kappa shape index (κ3) is 3.80. The molecule has 0 spiro atoms. The first-order chi connectivity index (χ1) is 13.3. The largest absolute Gasteiger partial charge is 0.497 e. The Morgan fingerprint density at radius 1 is 1.15 bits per heavy atom. The van der Waals surface area contributed by atoms with E-state index in [4.69, 9.17) is 4.74 Å². The lowest BCUT2D eigenvalue weighted by atomic mass is 9.80. The van der Waals surface area contributed by atoms with Crippen molar-refractivity contribution in [3.8, 4) is 5.75 Å². The number of para-hydroxylation sites is 1. The van der Waals surface area contributed by atoms with E-state index >= 15 is 0 Å². The number of carbonyl (C=O) groups is 1. The van der Waals surface area contributed by atoms with Crippen LogP contribution in [0.15, 0.2) is 48.5 Å². The molecule has 0 aromatic heterocycles. The molecule has 2 aromatic carbocycles. The molecule has 1 saturated heterocycles. The number of anilines is 1. The van der Waals surface area contributed by atoms with Crippen molar-refractivity contribution in [3.05, 3.63) is 59.7 Å². The highest BCUT2D eigenvalue weighted by atomic mass is 16.5. The lowest BCUT2D eigenvalue weighted by molar-refractivity contribution is -0.125. The van der Waals surface area contributed by atoms with E-state index < -0.39 is 0 Å². The fourth-order valence-corrected chi connectivity index (χ4v) is 4.53. The predicted octanol–water partition coefficient (Wildman–Crippen LogP) is 3.59. The Kier molecular flexibility index (Phi) is 5.33. The van der Waals surface area contributed by atoms with Crippen LogP contribution in [-0.2, 0) is 17.6 Å². The highest BCUT2D eigenvalue weighted by Gasteiger charge is 2.39. The van der Waals surface area contributed by atoms with E-state index in [0.717, 1.165) is 31.6 Å². The maximum Gasteiger partial charge on any atom is 0.225 e. The summed E-state index contributed by atoms with van der Waals surface area (Å²) in [4.78, 5) is 15.5. The van der Waals surface area contributed by atoms with Crippen molar-refractivity contribution < 1.29 is 9.53 Å². The summed E-state index contributed by atoms with van der Waals surface area (Å²) in [6.45, 7) is 1.74. The minimum absolute atomic E-state index is 0.0519. The molecule has 142 valence electrons. The van der Waals surface area contributed by atoms with Gasteiger partial charge in [-0.25, -0.2) is 0 Å². The summed E-state index contributed by atoms with van der Waals surface area (Å²) >= 11 is 0. The van der Waals surface area contributed by atoms with Crippen molar-refractivity contribution in [2.24, 2.45) is 5.92 Å². The molecule has 4 nitrogen and oxygen atoms in total. The van der Waals surface area contributed by atoms with Gasteiger partial charge in [0.05, 0.1) is 13.0 Å². The summed E-state index contributed by atoms with van der Waals surface area (Å²) in [6, 6.07) is 17.0. The number of hydrogen-bond acceptors (Lipinski definition) is 3. The summed E-state index contributed by atoms with van der Waals surface area (Å²) in [5.74, 6) is 1.12. The fourth-order valence-electron chi connectivity index (χ4n) is 4.53.